The summed E-state index contributed by atoms with van der Waals surface area (Å²) in [6.07, 6.45) is 2.10. The molecule has 124 valence electrons. The van der Waals surface area contributed by atoms with Crippen molar-refractivity contribution in [2.75, 3.05) is 5.32 Å². The van der Waals surface area contributed by atoms with Gasteiger partial charge in [0.2, 0.25) is 5.91 Å². The largest absolute Gasteiger partial charge is 0.343 e. The lowest BCUT2D eigenvalue weighted by atomic mass is 9.87. The predicted molar refractivity (Wildman–Crippen MR) is 100 cm³/mol. The average Bonchev–Trinajstić information content (AvgIpc) is 2.88. The van der Waals surface area contributed by atoms with E-state index >= 15 is 0 Å². The quantitative estimate of drug-likeness (QED) is 0.728. The number of benzene rings is 2. The van der Waals surface area contributed by atoms with Crippen molar-refractivity contribution >= 4 is 22.5 Å². The fourth-order valence-corrected chi connectivity index (χ4v) is 2.93. The van der Waals surface area contributed by atoms with Crippen molar-refractivity contribution in [1.29, 1.82) is 0 Å². The molecule has 3 rings (SSSR count). The third-order valence-corrected chi connectivity index (χ3v) is 4.26. The Morgan fingerprint density at radius 3 is 2.38 bits per heavy atom. The van der Waals surface area contributed by atoms with Crippen LogP contribution < -0.4 is 5.32 Å². The molecular formula is C21H24N2O. The van der Waals surface area contributed by atoms with Crippen LogP contribution in [0.25, 0.3) is 10.9 Å². The van der Waals surface area contributed by atoms with Crippen molar-refractivity contribution < 1.29 is 4.79 Å². The van der Waals surface area contributed by atoms with Gasteiger partial charge in [0.25, 0.3) is 0 Å². The Kier molecular flexibility index (Phi) is 4.18. The van der Waals surface area contributed by atoms with Gasteiger partial charge in [0.1, 0.15) is 0 Å². The van der Waals surface area contributed by atoms with Crippen LogP contribution in [0.5, 0.6) is 0 Å². The maximum absolute atomic E-state index is 11.2. The van der Waals surface area contributed by atoms with Gasteiger partial charge in [-0.3, -0.25) is 4.79 Å². The normalized spacial score (nSPS) is 11.7. The van der Waals surface area contributed by atoms with Crippen LogP contribution in [-0.2, 0) is 16.8 Å². The maximum Gasteiger partial charge on any atom is 0.221 e. The molecule has 3 nitrogen and oxygen atoms in total. The highest BCUT2D eigenvalue weighted by molar-refractivity contribution is 5.92. The van der Waals surface area contributed by atoms with Crippen molar-refractivity contribution in [3.8, 4) is 0 Å². The van der Waals surface area contributed by atoms with E-state index in [2.05, 4.69) is 73.3 Å². The van der Waals surface area contributed by atoms with Crippen LogP contribution in [0.15, 0.2) is 54.7 Å². The molecule has 0 saturated heterocycles. The Balaban J connectivity index is 1.84. The number of carbonyl (C=O) groups excluding carboxylic acids is 1. The molecule has 0 unspecified atom stereocenters. The van der Waals surface area contributed by atoms with Gasteiger partial charge in [0.15, 0.2) is 0 Å². The summed E-state index contributed by atoms with van der Waals surface area (Å²) < 4.78 is 2.24. The molecule has 0 spiro atoms. The van der Waals surface area contributed by atoms with Gasteiger partial charge in [0.05, 0.1) is 0 Å². The van der Waals surface area contributed by atoms with E-state index in [9.17, 15) is 4.79 Å². The molecule has 1 amide bonds. The van der Waals surface area contributed by atoms with E-state index in [1.807, 2.05) is 12.1 Å². The zero-order chi connectivity index (χ0) is 17.3. The van der Waals surface area contributed by atoms with Crippen molar-refractivity contribution in [1.82, 2.24) is 4.57 Å². The molecule has 1 heterocycles. The lowest BCUT2D eigenvalue weighted by molar-refractivity contribution is -0.114. The van der Waals surface area contributed by atoms with Crippen LogP contribution >= 0.6 is 0 Å². The van der Waals surface area contributed by atoms with Gasteiger partial charge in [-0.05, 0) is 40.8 Å². The molecule has 0 aliphatic carbocycles. The minimum absolute atomic E-state index is 0.0484. The lowest BCUT2D eigenvalue weighted by Crippen LogP contribution is -2.11. The topological polar surface area (TPSA) is 34.0 Å². The molecule has 0 aliphatic heterocycles. The Hall–Kier alpha value is -2.55. The minimum Gasteiger partial charge on any atom is -0.343 e. The molecular weight excluding hydrogens is 296 g/mol. The fraction of sp³-hybridized carbons (Fsp3) is 0.286. The first-order valence-electron chi connectivity index (χ1n) is 8.29. The lowest BCUT2D eigenvalue weighted by Gasteiger charge is -2.19. The third-order valence-electron chi connectivity index (χ3n) is 4.26. The Labute approximate surface area is 143 Å². The van der Waals surface area contributed by atoms with Crippen molar-refractivity contribution in [2.45, 2.75) is 39.7 Å². The highest BCUT2D eigenvalue weighted by Gasteiger charge is 2.13. The summed E-state index contributed by atoms with van der Waals surface area (Å²) in [4.78, 5) is 11.2. The summed E-state index contributed by atoms with van der Waals surface area (Å²) in [5, 5.41) is 3.96. The number of nitrogens with zero attached hydrogens (tertiary/aromatic N) is 1. The van der Waals surface area contributed by atoms with Gasteiger partial charge < -0.3 is 9.88 Å². The molecule has 0 saturated carbocycles. The summed E-state index contributed by atoms with van der Waals surface area (Å²) in [5.74, 6) is -0.0484. The number of aromatic nitrogens is 1. The number of hydrogen-bond donors (Lipinski definition) is 1. The van der Waals surface area contributed by atoms with Crippen LogP contribution in [0.3, 0.4) is 0 Å². The summed E-state index contributed by atoms with van der Waals surface area (Å²) >= 11 is 0. The first-order valence-corrected chi connectivity index (χ1v) is 8.29. The molecule has 0 bridgehead atoms. The Morgan fingerprint density at radius 2 is 1.75 bits per heavy atom. The first kappa shape index (κ1) is 16.3. The van der Waals surface area contributed by atoms with E-state index in [0.29, 0.717) is 0 Å². The molecule has 0 aliphatic rings. The predicted octanol–water partition coefficient (Wildman–Crippen LogP) is 4.95. The highest BCUT2D eigenvalue weighted by Crippen LogP contribution is 2.24. The van der Waals surface area contributed by atoms with E-state index in [1.54, 1.807) is 0 Å². The van der Waals surface area contributed by atoms with Crippen molar-refractivity contribution in [2.24, 2.45) is 0 Å². The van der Waals surface area contributed by atoms with Gasteiger partial charge in [-0.25, -0.2) is 0 Å². The summed E-state index contributed by atoms with van der Waals surface area (Å²) in [6.45, 7) is 9.06. The van der Waals surface area contributed by atoms with Crippen molar-refractivity contribution in [3.63, 3.8) is 0 Å². The summed E-state index contributed by atoms with van der Waals surface area (Å²) in [5.41, 5.74) is 4.82. The smallest absolute Gasteiger partial charge is 0.221 e. The van der Waals surface area contributed by atoms with E-state index in [-0.39, 0.29) is 11.3 Å². The Bertz CT molecular complexity index is 867. The zero-order valence-corrected chi connectivity index (χ0v) is 14.8. The van der Waals surface area contributed by atoms with Crippen LogP contribution in [-0.4, -0.2) is 10.5 Å². The highest BCUT2D eigenvalue weighted by atomic mass is 16.1. The molecule has 0 radical (unpaired) electrons. The summed E-state index contributed by atoms with van der Waals surface area (Å²) in [6, 6.07) is 17.0. The van der Waals surface area contributed by atoms with E-state index in [4.69, 9.17) is 0 Å². The van der Waals surface area contributed by atoms with Gasteiger partial charge >= 0.3 is 0 Å². The number of carbonyl (C=O) groups is 1. The van der Waals surface area contributed by atoms with Crippen LogP contribution in [0.4, 0.5) is 5.69 Å². The SMILES string of the molecule is CC(=O)Nc1ccc2c(ccn2Cc2ccc(C(C)(C)C)cc2)c1. The molecule has 1 aromatic heterocycles. The van der Waals surface area contributed by atoms with Crippen LogP contribution in [0.1, 0.15) is 38.8 Å². The molecule has 0 atom stereocenters. The van der Waals surface area contributed by atoms with E-state index in [1.165, 1.54) is 23.6 Å². The first-order chi connectivity index (χ1) is 11.3. The Morgan fingerprint density at radius 1 is 1.04 bits per heavy atom. The van der Waals surface area contributed by atoms with E-state index < -0.39 is 0 Å². The monoisotopic (exact) mass is 320 g/mol. The minimum atomic E-state index is -0.0484. The second-order valence-electron chi connectivity index (χ2n) is 7.35. The molecule has 0 fully saturated rings. The molecule has 24 heavy (non-hydrogen) atoms. The number of hydrogen-bond acceptors (Lipinski definition) is 1. The molecule has 3 heteroatoms. The number of rotatable bonds is 3. The zero-order valence-electron chi connectivity index (χ0n) is 14.8. The van der Waals surface area contributed by atoms with Gasteiger partial charge in [-0.1, -0.05) is 45.0 Å². The van der Waals surface area contributed by atoms with Gasteiger partial charge in [0, 0.05) is 36.3 Å². The third kappa shape index (κ3) is 3.51. The van der Waals surface area contributed by atoms with Gasteiger partial charge in [-0.2, -0.15) is 0 Å². The van der Waals surface area contributed by atoms with Crippen molar-refractivity contribution in [3.05, 3.63) is 65.9 Å². The second-order valence-corrected chi connectivity index (χ2v) is 7.35. The number of fused-ring (bicyclic) bond motifs is 1. The molecule has 1 N–H and O–H groups in total. The van der Waals surface area contributed by atoms with Gasteiger partial charge in [-0.15, -0.1) is 0 Å². The molecule has 3 aromatic rings. The number of anilines is 1. The molecule has 2 aromatic carbocycles. The van der Waals surface area contributed by atoms with Crippen LogP contribution in [0.2, 0.25) is 0 Å². The number of amides is 1. The maximum atomic E-state index is 11.2. The standard InChI is InChI=1S/C21H24N2O/c1-15(24)22-19-9-10-20-17(13-19)11-12-23(20)14-16-5-7-18(8-6-16)21(2,3)4/h5-13H,14H2,1-4H3,(H,22,24). The van der Waals surface area contributed by atoms with Crippen LogP contribution in [0, 0.1) is 0 Å². The van der Waals surface area contributed by atoms with E-state index in [0.717, 1.165) is 17.6 Å². The summed E-state index contributed by atoms with van der Waals surface area (Å²) in [7, 11) is 0. The average molecular weight is 320 g/mol. The fourth-order valence-electron chi connectivity index (χ4n) is 2.93. The number of nitrogens with one attached hydrogen (secondary N) is 1. The second kappa shape index (κ2) is 6.16.